The van der Waals surface area contributed by atoms with Gasteiger partial charge in [0, 0.05) is 44.6 Å². The Kier molecular flexibility index (Phi) is 4.81. The van der Waals surface area contributed by atoms with Crippen molar-refractivity contribution < 1.29 is 4.74 Å². The zero-order valence-corrected chi connectivity index (χ0v) is 14.4. The Morgan fingerprint density at radius 3 is 2.83 bits per heavy atom. The van der Waals surface area contributed by atoms with Gasteiger partial charge in [-0.15, -0.1) is 0 Å². The second kappa shape index (κ2) is 7.01. The van der Waals surface area contributed by atoms with Gasteiger partial charge in [0.1, 0.15) is 5.84 Å². The number of nitrogens with one attached hydrogen (secondary N) is 1. The van der Waals surface area contributed by atoms with Crippen LogP contribution in [0.2, 0.25) is 0 Å². The number of amidine groups is 1. The zero-order chi connectivity index (χ0) is 17.1. The van der Waals surface area contributed by atoms with E-state index in [1.54, 1.807) is 24.8 Å². The monoisotopic (exact) mass is 325 g/mol. The molecule has 1 aromatic heterocycles. The molecule has 24 heavy (non-hydrogen) atoms. The second-order valence-corrected chi connectivity index (χ2v) is 6.25. The number of hydrogen-bond acceptors (Lipinski definition) is 4. The smallest absolute Gasteiger partial charge is 0.250 e. The van der Waals surface area contributed by atoms with Crippen molar-refractivity contribution in [3.8, 4) is 11.1 Å². The molecule has 5 nitrogen and oxygen atoms in total. The van der Waals surface area contributed by atoms with E-state index in [1.165, 1.54) is 5.56 Å². The third-order valence-electron chi connectivity index (χ3n) is 4.43. The minimum Gasteiger partial charge on any atom is -0.385 e. The van der Waals surface area contributed by atoms with E-state index < -0.39 is 0 Å². The number of ether oxygens (including phenoxy) is 1. The molecular formula is C19H23N3O2. The lowest BCUT2D eigenvalue weighted by atomic mass is 10.0. The molecule has 5 heteroatoms. The van der Waals surface area contributed by atoms with Crippen LogP contribution in [0.5, 0.6) is 0 Å². The van der Waals surface area contributed by atoms with Crippen LogP contribution in [0.25, 0.3) is 11.1 Å². The maximum absolute atomic E-state index is 11.6. The summed E-state index contributed by atoms with van der Waals surface area (Å²) in [5.41, 5.74) is 4.39. The molecule has 1 aromatic carbocycles. The van der Waals surface area contributed by atoms with Crippen LogP contribution in [0, 0.1) is 5.92 Å². The molecule has 0 amide bonds. The minimum atomic E-state index is -0.00350. The average Bonchev–Trinajstić information content (AvgIpc) is 2.61. The molecule has 2 aromatic rings. The number of aliphatic imine (C=N–C) groups is 1. The van der Waals surface area contributed by atoms with Crippen molar-refractivity contribution in [2.24, 2.45) is 18.0 Å². The van der Waals surface area contributed by atoms with Gasteiger partial charge in [-0.25, -0.2) is 0 Å². The van der Waals surface area contributed by atoms with Crippen molar-refractivity contribution in [3.05, 3.63) is 52.4 Å². The van der Waals surface area contributed by atoms with Crippen molar-refractivity contribution in [1.29, 1.82) is 0 Å². The van der Waals surface area contributed by atoms with E-state index in [9.17, 15) is 4.79 Å². The van der Waals surface area contributed by atoms with Gasteiger partial charge in [0.2, 0.25) is 5.56 Å². The molecule has 1 aliphatic heterocycles. The quantitative estimate of drug-likeness (QED) is 0.919. The predicted octanol–water partition coefficient (Wildman–Crippen LogP) is 3.05. The number of rotatable bonds is 5. The molecule has 3 rings (SSSR count). The zero-order valence-electron chi connectivity index (χ0n) is 14.4. The van der Waals surface area contributed by atoms with Gasteiger partial charge in [-0.2, -0.15) is 0 Å². The van der Waals surface area contributed by atoms with E-state index >= 15 is 0 Å². The molecule has 0 saturated carbocycles. The van der Waals surface area contributed by atoms with Crippen molar-refractivity contribution in [2.75, 3.05) is 19.0 Å². The Morgan fingerprint density at radius 1 is 1.29 bits per heavy atom. The van der Waals surface area contributed by atoms with E-state index in [0.717, 1.165) is 35.7 Å². The molecule has 1 atom stereocenters. The number of nitrogens with zero attached hydrogens (tertiary/aromatic N) is 2. The molecule has 1 N–H and O–H groups in total. The summed E-state index contributed by atoms with van der Waals surface area (Å²) in [6.07, 6.45) is 2.81. The molecule has 0 saturated heterocycles. The molecule has 0 fully saturated rings. The van der Waals surface area contributed by atoms with Gasteiger partial charge in [-0.1, -0.05) is 19.1 Å². The van der Waals surface area contributed by atoms with Crippen molar-refractivity contribution in [3.63, 3.8) is 0 Å². The van der Waals surface area contributed by atoms with Gasteiger partial charge in [-0.3, -0.25) is 9.79 Å². The van der Waals surface area contributed by atoms with Crippen LogP contribution >= 0.6 is 0 Å². The first-order chi connectivity index (χ1) is 11.6. The molecule has 0 spiro atoms. The number of anilines is 1. The Bertz CT molecular complexity index is 824. The normalized spacial score (nSPS) is 14.5. The second-order valence-electron chi connectivity index (χ2n) is 6.25. The largest absolute Gasteiger partial charge is 0.385 e. The Labute approximate surface area is 142 Å². The van der Waals surface area contributed by atoms with Crippen LogP contribution in [0.15, 0.2) is 46.3 Å². The highest BCUT2D eigenvalue weighted by molar-refractivity contribution is 5.99. The van der Waals surface area contributed by atoms with Gasteiger partial charge in [-0.05, 0) is 35.2 Å². The van der Waals surface area contributed by atoms with Crippen LogP contribution in [-0.4, -0.2) is 24.1 Å². The van der Waals surface area contributed by atoms with Crippen molar-refractivity contribution in [1.82, 2.24) is 4.57 Å². The van der Waals surface area contributed by atoms with E-state index in [2.05, 4.69) is 35.4 Å². The van der Waals surface area contributed by atoms with Crippen LogP contribution in [-0.2, 0) is 18.3 Å². The maximum atomic E-state index is 11.6. The van der Waals surface area contributed by atoms with Crippen LogP contribution < -0.4 is 10.9 Å². The van der Waals surface area contributed by atoms with Gasteiger partial charge >= 0.3 is 0 Å². The fraction of sp³-hybridized carbons (Fsp3) is 0.368. The number of aryl methyl sites for hydroxylation is 1. The topological polar surface area (TPSA) is 55.6 Å². The summed E-state index contributed by atoms with van der Waals surface area (Å²) in [6.45, 7) is 3.59. The molecule has 1 unspecified atom stereocenters. The lowest BCUT2D eigenvalue weighted by Crippen LogP contribution is -2.25. The number of aromatic nitrogens is 1. The molecule has 2 heterocycles. The molecule has 0 aliphatic carbocycles. The summed E-state index contributed by atoms with van der Waals surface area (Å²) in [7, 11) is 3.49. The maximum Gasteiger partial charge on any atom is 0.250 e. The lowest BCUT2D eigenvalue weighted by Gasteiger charge is -2.23. The first kappa shape index (κ1) is 16.5. The minimum absolute atomic E-state index is 0.00350. The van der Waals surface area contributed by atoms with Gasteiger partial charge in [0.05, 0.1) is 6.54 Å². The first-order valence-corrected chi connectivity index (χ1v) is 8.19. The van der Waals surface area contributed by atoms with E-state index in [1.807, 2.05) is 12.3 Å². The van der Waals surface area contributed by atoms with Crippen LogP contribution in [0.1, 0.15) is 18.9 Å². The van der Waals surface area contributed by atoms with Gasteiger partial charge in [0.15, 0.2) is 0 Å². The summed E-state index contributed by atoms with van der Waals surface area (Å²) in [6, 6.07) is 9.77. The molecule has 0 radical (unpaired) electrons. The number of hydrogen-bond donors (Lipinski definition) is 1. The third-order valence-corrected chi connectivity index (χ3v) is 4.43. The predicted molar refractivity (Wildman–Crippen MR) is 97.5 cm³/mol. The third kappa shape index (κ3) is 3.41. The SMILES string of the molecule is COCCC(C)C1=NCc2ccc(-c3ccc(=O)n(C)c3)cc2N1. The Morgan fingerprint density at radius 2 is 2.08 bits per heavy atom. The first-order valence-electron chi connectivity index (χ1n) is 8.19. The summed E-state index contributed by atoms with van der Waals surface area (Å²) < 4.78 is 6.76. The van der Waals surface area contributed by atoms with Gasteiger partial charge < -0.3 is 14.6 Å². The van der Waals surface area contributed by atoms with E-state index in [4.69, 9.17) is 4.74 Å². The fourth-order valence-electron chi connectivity index (χ4n) is 2.83. The summed E-state index contributed by atoms with van der Waals surface area (Å²) >= 11 is 0. The number of fused-ring (bicyclic) bond motifs is 1. The van der Waals surface area contributed by atoms with Gasteiger partial charge in [0.25, 0.3) is 0 Å². The fourth-order valence-corrected chi connectivity index (χ4v) is 2.83. The molecule has 1 aliphatic rings. The Balaban J connectivity index is 1.84. The highest BCUT2D eigenvalue weighted by Gasteiger charge is 2.17. The Hall–Kier alpha value is -2.40. The molecule has 0 bridgehead atoms. The summed E-state index contributed by atoms with van der Waals surface area (Å²) in [5, 5.41) is 3.47. The van der Waals surface area contributed by atoms with Crippen molar-refractivity contribution in [2.45, 2.75) is 19.9 Å². The van der Waals surface area contributed by atoms with E-state index in [0.29, 0.717) is 12.5 Å². The molecule has 126 valence electrons. The average molecular weight is 325 g/mol. The summed E-state index contributed by atoms with van der Waals surface area (Å²) in [5.74, 6) is 1.34. The number of pyridine rings is 1. The lowest BCUT2D eigenvalue weighted by molar-refractivity contribution is 0.188. The number of benzene rings is 1. The highest BCUT2D eigenvalue weighted by atomic mass is 16.5. The summed E-state index contributed by atoms with van der Waals surface area (Å²) in [4.78, 5) is 16.2. The van der Waals surface area contributed by atoms with Crippen LogP contribution in [0.4, 0.5) is 5.69 Å². The molecular weight excluding hydrogens is 302 g/mol. The van der Waals surface area contributed by atoms with Crippen molar-refractivity contribution >= 4 is 11.5 Å². The van der Waals surface area contributed by atoms with E-state index in [-0.39, 0.29) is 5.56 Å². The standard InChI is InChI=1S/C19H23N3O2/c1-13(8-9-24-3)19-20-11-15-5-4-14(10-17(15)21-19)16-6-7-18(23)22(2)12-16/h4-7,10,12-13H,8-9,11H2,1-3H3,(H,20,21). The highest BCUT2D eigenvalue weighted by Crippen LogP contribution is 2.29. The number of methoxy groups -OCH3 is 1. The van der Waals surface area contributed by atoms with Crippen LogP contribution in [0.3, 0.4) is 0 Å².